The Morgan fingerprint density at radius 1 is 1.18 bits per heavy atom. The molecule has 1 aromatic carbocycles. The number of nitrogens with zero attached hydrogens (tertiary/aromatic N) is 6. The monoisotopic (exact) mass is 464 g/mol. The van der Waals surface area contributed by atoms with Gasteiger partial charge in [-0.2, -0.15) is 0 Å². The molecular weight excluding hydrogens is 436 g/mol. The minimum absolute atomic E-state index is 0.0165. The molecule has 2 aromatic heterocycles. The smallest absolute Gasteiger partial charge is 0.287 e. The fraction of sp³-hybridized carbons (Fsp3) is 0.478. The van der Waals surface area contributed by atoms with Crippen LogP contribution >= 0.6 is 12.6 Å². The molecule has 0 radical (unpaired) electrons. The maximum Gasteiger partial charge on any atom is 0.287 e. The molecule has 2 N–H and O–H groups in total. The van der Waals surface area contributed by atoms with Gasteiger partial charge < -0.3 is 25.0 Å². The number of anilines is 3. The number of imidazole rings is 1. The van der Waals surface area contributed by atoms with Crippen molar-refractivity contribution in [1.82, 2.24) is 24.8 Å². The van der Waals surface area contributed by atoms with Gasteiger partial charge in [-0.15, -0.1) is 12.6 Å². The summed E-state index contributed by atoms with van der Waals surface area (Å²) in [5.74, 6) is 1.67. The SMILES string of the molecule is Cn1c(C(=O)NCC2CC2)nc2c(N3CCC(N4c5ccccc5NC4S)CC3)ncnc21. The second-order valence-electron chi connectivity index (χ2n) is 9.18. The first-order valence-electron chi connectivity index (χ1n) is 11.6. The molecule has 6 rings (SSSR count). The Labute approximate surface area is 198 Å². The van der Waals surface area contributed by atoms with Gasteiger partial charge in [-0.3, -0.25) is 4.79 Å². The lowest BCUT2D eigenvalue weighted by Crippen LogP contribution is -2.47. The van der Waals surface area contributed by atoms with Crippen LogP contribution in [0.5, 0.6) is 0 Å². The molecule has 4 heterocycles. The second-order valence-corrected chi connectivity index (χ2v) is 9.67. The summed E-state index contributed by atoms with van der Waals surface area (Å²) in [6.45, 7) is 2.43. The van der Waals surface area contributed by atoms with E-state index in [9.17, 15) is 4.79 Å². The highest BCUT2D eigenvalue weighted by Crippen LogP contribution is 2.39. The molecule has 10 heteroatoms. The Hall–Kier alpha value is -3.01. The average Bonchev–Trinajstić information content (AvgIpc) is 3.52. The quantitative estimate of drug-likeness (QED) is 0.500. The molecule has 172 valence electrons. The highest BCUT2D eigenvalue weighted by atomic mass is 32.1. The zero-order chi connectivity index (χ0) is 22.5. The third-order valence-corrected chi connectivity index (χ3v) is 7.35. The van der Waals surface area contributed by atoms with Gasteiger partial charge in [0, 0.05) is 32.7 Å². The summed E-state index contributed by atoms with van der Waals surface area (Å²) >= 11 is 4.78. The normalized spacial score (nSPS) is 20.7. The number of amides is 1. The number of fused-ring (bicyclic) bond motifs is 2. The predicted molar refractivity (Wildman–Crippen MR) is 132 cm³/mol. The van der Waals surface area contributed by atoms with Crippen molar-refractivity contribution in [3.8, 4) is 0 Å². The minimum Gasteiger partial charge on any atom is -0.355 e. The van der Waals surface area contributed by atoms with Crippen molar-refractivity contribution in [3.05, 3.63) is 36.4 Å². The Morgan fingerprint density at radius 3 is 2.76 bits per heavy atom. The molecule has 1 atom stereocenters. The molecule has 1 aliphatic carbocycles. The van der Waals surface area contributed by atoms with Crippen LogP contribution in [-0.2, 0) is 7.05 Å². The topological polar surface area (TPSA) is 91.2 Å². The van der Waals surface area contributed by atoms with Crippen LogP contribution in [0, 0.1) is 5.92 Å². The van der Waals surface area contributed by atoms with E-state index in [1.54, 1.807) is 10.9 Å². The Kier molecular flexibility index (Phi) is 5.05. The maximum absolute atomic E-state index is 12.7. The van der Waals surface area contributed by atoms with Crippen molar-refractivity contribution in [2.45, 2.75) is 37.2 Å². The van der Waals surface area contributed by atoms with Crippen LogP contribution in [0.2, 0.25) is 0 Å². The fourth-order valence-electron chi connectivity index (χ4n) is 4.97. The van der Waals surface area contributed by atoms with E-state index in [0.29, 0.717) is 35.5 Å². The third kappa shape index (κ3) is 3.66. The van der Waals surface area contributed by atoms with Crippen LogP contribution in [-0.4, -0.2) is 56.6 Å². The first-order chi connectivity index (χ1) is 16.1. The highest BCUT2D eigenvalue weighted by Gasteiger charge is 2.34. The standard InChI is InChI=1S/C23H28N8OS/c1-29-19-18(28-21(29)22(32)24-12-14-6-7-14)20(26-13-25-19)30-10-8-15(9-11-30)31-17-5-3-2-4-16(17)27-23(31)33/h2-5,13-15,23,27,33H,6-12H2,1H3,(H,24,32). The molecule has 1 saturated carbocycles. The molecule has 1 unspecified atom stereocenters. The molecule has 2 aliphatic heterocycles. The zero-order valence-corrected chi connectivity index (χ0v) is 19.5. The van der Waals surface area contributed by atoms with Gasteiger partial charge in [-0.1, -0.05) is 12.1 Å². The predicted octanol–water partition coefficient (Wildman–Crippen LogP) is 2.62. The van der Waals surface area contributed by atoms with Gasteiger partial charge in [0.1, 0.15) is 11.8 Å². The summed E-state index contributed by atoms with van der Waals surface area (Å²) < 4.78 is 1.77. The van der Waals surface area contributed by atoms with E-state index in [0.717, 1.165) is 37.4 Å². The number of piperidine rings is 1. The first kappa shape index (κ1) is 20.6. The second kappa shape index (κ2) is 8.09. The molecule has 0 spiro atoms. The number of rotatable bonds is 5. The number of nitrogens with one attached hydrogen (secondary N) is 2. The molecule has 0 bridgehead atoms. The lowest BCUT2D eigenvalue weighted by molar-refractivity contribution is 0.0939. The van der Waals surface area contributed by atoms with E-state index in [1.165, 1.54) is 18.5 Å². The van der Waals surface area contributed by atoms with E-state index in [-0.39, 0.29) is 11.4 Å². The van der Waals surface area contributed by atoms with Crippen LogP contribution in [0.1, 0.15) is 36.3 Å². The van der Waals surface area contributed by atoms with Gasteiger partial charge in [-0.05, 0) is 43.7 Å². The summed E-state index contributed by atoms with van der Waals surface area (Å²) in [6, 6.07) is 8.77. The van der Waals surface area contributed by atoms with Gasteiger partial charge in [0.25, 0.3) is 5.91 Å². The zero-order valence-electron chi connectivity index (χ0n) is 18.6. The number of aromatic nitrogens is 4. The Morgan fingerprint density at radius 2 is 1.97 bits per heavy atom. The molecule has 9 nitrogen and oxygen atoms in total. The molecule has 33 heavy (non-hydrogen) atoms. The van der Waals surface area contributed by atoms with E-state index >= 15 is 0 Å². The molecule has 3 aliphatic rings. The number of thiol groups is 1. The van der Waals surface area contributed by atoms with E-state index < -0.39 is 0 Å². The highest BCUT2D eigenvalue weighted by molar-refractivity contribution is 7.81. The fourth-order valence-corrected chi connectivity index (χ4v) is 5.43. The summed E-state index contributed by atoms with van der Waals surface area (Å²) in [5.41, 5.74) is 3.71. The number of benzene rings is 1. The van der Waals surface area contributed by atoms with Crippen molar-refractivity contribution in [1.29, 1.82) is 0 Å². The van der Waals surface area contributed by atoms with Crippen molar-refractivity contribution < 1.29 is 4.79 Å². The lowest BCUT2D eigenvalue weighted by atomic mass is 10.0. The molecule has 1 saturated heterocycles. The number of hydrogen-bond donors (Lipinski definition) is 3. The first-order valence-corrected chi connectivity index (χ1v) is 12.1. The van der Waals surface area contributed by atoms with Gasteiger partial charge in [-0.25, -0.2) is 15.0 Å². The van der Waals surface area contributed by atoms with Crippen molar-refractivity contribution in [2.24, 2.45) is 13.0 Å². The number of carbonyl (C=O) groups excluding carboxylic acids is 1. The van der Waals surface area contributed by atoms with E-state index in [1.807, 2.05) is 13.1 Å². The lowest BCUT2D eigenvalue weighted by Gasteiger charge is -2.39. The van der Waals surface area contributed by atoms with E-state index in [4.69, 9.17) is 12.6 Å². The largest absolute Gasteiger partial charge is 0.355 e. The minimum atomic E-state index is -0.146. The Bertz CT molecular complexity index is 1200. The molecule has 3 aromatic rings. The molecule has 1 amide bonds. The van der Waals surface area contributed by atoms with E-state index in [2.05, 4.69) is 53.6 Å². The Balaban J connectivity index is 1.21. The van der Waals surface area contributed by atoms with Crippen LogP contribution < -0.4 is 20.4 Å². The number of carbonyl (C=O) groups is 1. The summed E-state index contributed by atoms with van der Waals surface area (Å²) in [6.07, 6.45) is 5.94. The van der Waals surface area contributed by atoms with Gasteiger partial charge in [0.2, 0.25) is 5.82 Å². The summed E-state index contributed by atoms with van der Waals surface area (Å²) in [5, 5.41) is 6.47. The number of para-hydroxylation sites is 2. The van der Waals surface area contributed by atoms with Crippen molar-refractivity contribution in [3.63, 3.8) is 0 Å². The van der Waals surface area contributed by atoms with Crippen molar-refractivity contribution in [2.75, 3.05) is 34.8 Å². The number of hydrogen-bond acceptors (Lipinski definition) is 8. The maximum atomic E-state index is 12.7. The van der Waals surface area contributed by atoms with Crippen LogP contribution in [0.25, 0.3) is 11.2 Å². The van der Waals surface area contributed by atoms with Gasteiger partial charge in [0.15, 0.2) is 17.0 Å². The van der Waals surface area contributed by atoms with Gasteiger partial charge in [0.05, 0.1) is 11.4 Å². The third-order valence-electron chi connectivity index (χ3n) is 6.98. The number of aryl methyl sites for hydroxylation is 1. The molecule has 2 fully saturated rings. The van der Waals surface area contributed by atoms with Crippen molar-refractivity contribution >= 4 is 46.9 Å². The summed E-state index contributed by atoms with van der Waals surface area (Å²) in [4.78, 5) is 31.0. The van der Waals surface area contributed by atoms with Crippen LogP contribution in [0.3, 0.4) is 0 Å². The summed E-state index contributed by atoms with van der Waals surface area (Å²) in [7, 11) is 1.84. The van der Waals surface area contributed by atoms with Crippen LogP contribution in [0.15, 0.2) is 30.6 Å². The molecular formula is C23H28N8OS. The van der Waals surface area contributed by atoms with Crippen LogP contribution in [0.4, 0.5) is 17.2 Å². The average molecular weight is 465 g/mol. The van der Waals surface area contributed by atoms with Gasteiger partial charge >= 0.3 is 0 Å².